The number of amides is 1. The topological polar surface area (TPSA) is 23.6 Å². The second kappa shape index (κ2) is 3.74. The first kappa shape index (κ1) is 11.6. The first-order valence-electron chi connectivity index (χ1n) is 6.68. The van der Waals surface area contributed by atoms with Crippen LogP contribution in [-0.2, 0) is 11.2 Å². The second-order valence-corrected chi connectivity index (χ2v) is 6.15. The highest BCUT2D eigenvalue weighted by Gasteiger charge is 2.35. The minimum atomic E-state index is 0.0989. The Morgan fingerprint density at radius 1 is 1.11 bits per heavy atom. The smallest absolute Gasteiger partial charge is 0.227 e. The molecule has 0 N–H and O–H groups in total. The molecule has 0 aliphatic carbocycles. The summed E-state index contributed by atoms with van der Waals surface area (Å²) in [6.45, 7) is 8.43. The molecule has 0 bridgehead atoms. The molecular weight excluding hydrogens is 224 g/mol. The minimum absolute atomic E-state index is 0.0989. The molecule has 0 radical (unpaired) electrons. The van der Waals surface area contributed by atoms with Gasteiger partial charge in [-0.05, 0) is 38.8 Å². The Morgan fingerprint density at radius 2 is 1.89 bits per heavy atom. The van der Waals surface area contributed by atoms with Crippen LogP contribution in [0, 0.1) is 0 Å². The van der Waals surface area contributed by atoms with Crippen LogP contribution in [0.1, 0.15) is 32.8 Å². The predicted octanol–water partition coefficient (Wildman–Crippen LogP) is 2.58. The predicted molar refractivity (Wildman–Crippen MR) is 74.2 cm³/mol. The summed E-state index contributed by atoms with van der Waals surface area (Å²) in [6.07, 6.45) is 1.54. The van der Waals surface area contributed by atoms with E-state index < -0.39 is 0 Å². The van der Waals surface area contributed by atoms with Gasteiger partial charge < -0.3 is 9.80 Å². The lowest BCUT2D eigenvalue weighted by atomic mass is 9.94. The number of carbonyl (C=O) groups is 1. The Bertz CT molecular complexity index is 502. The van der Waals surface area contributed by atoms with Crippen molar-refractivity contribution in [1.82, 2.24) is 0 Å². The molecule has 2 aliphatic rings. The number of carbonyl (C=O) groups excluding carboxylic acids is 1. The second-order valence-electron chi connectivity index (χ2n) is 6.15. The molecule has 1 aromatic carbocycles. The van der Waals surface area contributed by atoms with Crippen molar-refractivity contribution in [2.75, 3.05) is 22.9 Å². The van der Waals surface area contributed by atoms with E-state index in [-0.39, 0.29) is 11.4 Å². The molecule has 3 rings (SSSR count). The van der Waals surface area contributed by atoms with E-state index >= 15 is 0 Å². The summed E-state index contributed by atoms with van der Waals surface area (Å²) in [5, 5.41) is 0. The van der Waals surface area contributed by atoms with Crippen molar-refractivity contribution in [3.8, 4) is 0 Å². The van der Waals surface area contributed by atoms with Crippen molar-refractivity contribution in [3.63, 3.8) is 0 Å². The Morgan fingerprint density at radius 3 is 2.61 bits per heavy atom. The number of nitrogens with zero attached hydrogens (tertiary/aromatic N) is 2. The lowest BCUT2D eigenvalue weighted by Gasteiger charge is -2.46. The van der Waals surface area contributed by atoms with Gasteiger partial charge in [0.05, 0.1) is 11.4 Å². The molecule has 18 heavy (non-hydrogen) atoms. The summed E-state index contributed by atoms with van der Waals surface area (Å²) < 4.78 is 0. The first-order valence-corrected chi connectivity index (χ1v) is 6.68. The van der Waals surface area contributed by atoms with Gasteiger partial charge in [0.25, 0.3) is 0 Å². The molecule has 0 atom stereocenters. The number of rotatable bonds is 0. The fourth-order valence-electron chi connectivity index (χ4n) is 3.06. The Labute approximate surface area is 108 Å². The fraction of sp³-hybridized carbons (Fsp3) is 0.533. The van der Waals surface area contributed by atoms with Crippen molar-refractivity contribution in [2.45, 2.75) is 39.2 Å². The summed E-state index contributed by atoms with van der Waals surface area (Å²) in [7, 11) is 0. The highest BCUT2D eigenvalue weighted by Crippen LogP contribution is 2.42. The molecule has 1 aromatic rings. The van der Waals surface area contributed by atoms with Crippen LogP contribution in [0.15, 0.2) is 18.2 Å². The van der Waals surface area contributed by atoms with Gasteiger partial charge in [-0.25, -0.2) is 0 Å². The number of benzene rings is 1. The van der Waals surface area contributed by atoms with Gasteiger partial charge in [0.15, 0.2) is 0 Å². The summed E-state index contributed by atoms with van der Waals surface area (Å²) in [5.74, 6) is 0.281. The monoisotopic (exact) mass is 244 g/mol. The van der Waals surface area contributed by atoms with Gasteiger partial charge in [0, 0.05) is 25.0 Å². The number of hydrogen-bond donors (Lipinski definition) is 0. The average molecular weight is 244 g/mol. The van der Waals surface area contributed by atoms with Crippen LogP contribution >= 0.6 is 0 Å². The van der Waals surface area contributed by atoms with E-state index in [2.05, 4.69) is 43.9 Å². The zero-order valence-electron chi connectivity index (χ0n) is 11.4. The Hall–Kier alpha value is -1.51. The number of para-hydroxylation sites is 1. The van der Waals surface area contributed by atoms with Crippen LogP contribution in [-0.4, -0.2) is 24.5 Å². The van der Waals surface area contributed by atoms with E-state index in [4.69, 9.17) is 0 Å². The zero-order chi connectivity index (χ0) is 12.9. The lowest BCUT2D eigenvalue weighted by Crippen LogP contribution is -2.52. The molecule has 3 nitrogen and oxygen atoms in total. The largest absolute Gasteiger partial charge is 0.363 e. The fourth-order valence-corrected chi connectivity index (χ4v) is 3.06. The van der Waals surface area contributed by atoms with E-state index in [0.717, 1.165) is 25.2 Å². The van der Waals surface area contributed by atoms with Crippen molar-refractivity contribution >= 4 is 17.3 Å². The third kappa shape index (κ3) is 1.61. The van der Waals surface area contributed by atoms with Gasteiger partial charge in [-0.1, -0.05) is 12.1 Å². The Balaban J connectivity index is 2.16. The minimum Gasteiger partial charge on any atom is -0.363 e. The maximum absolute atomic E-state index is 12.0. The molecular formula is C15H20N2O. The standard InChI is InChI=1S/C15H20N2O/c1-15(2,3)17-10-9-16-13(18)8-7-11-5-4-6-12(17)14(11)16/h4-6H,7-10H2,1-3H3. The quantitative estimate of drug-likeness (QED) is 0.700. The van der Waals surface area contributed by atoms with Crippen LogP contribution in [0.4, 0.5) is 11.4 Å². The molecule has 0 saturated carbocycles. The highest BCUT2D eigenvalue weighted by atomic mass is 16.2. The normalized spacial score (nSPS) is 18.9. The van der Waals surface area contributed by atoms with Crippen molar-refractivity contribution in [2.24, 2.45) is 0 Å². The van der Waals surface area contributed by atoms with E-state index in [0.29, 0.717) is 6.42 Å². The molecule has 0 aromatic heterocycles. The molecule has 0 unspecified atom stereocenters. The van der Waals surface area contributed by atoms with Crippen molar-refractivity contribution < 1.29 is 4.79 Å². The van der Waals surface area contributed by atoms with Crippen molar-refractivity contribution in [3.05, 3.63) is 23.8 Å². The number of hydrogen-bond acceptors (Lipinski definition) is 2. The van der Waals surface area contributed by atoms with Gasteiger partial charge in [-0.15, -0.1) is 0 Å². The van der Waals surface area contributed by atoms with Crippen LogP contribution in [0.5, 0.6) is 0 Å². The molecule has 3 heteroatoms. The third-order valence-electron chi connectivity index (χ3n) is 3.93. The van der Waals surface area contributed by atoms with Crippen LogP contribution in [0.2, 0.25) is 0 Å². The third-order valence-corrected chi connectivity index (χ3v) is 3.93. The molecule has 0 spiro atoms. The van der Waals surface area contributed by atoms with Gasteiger partial charge in [-0.3, -0.25) is 4.79 Å². The SMILES string of the molecule is CC(C)(C)N1CCN2C(=O)CCc3cccc1c32. The molecule has 2 aliphatic heterocycles. The Kier molecular flexibility index (Phi) is 2.40. The van der Waals surface area contributed by atoms with Gasteiger partial charge in [0.1, 0.15) is 0 Å². The lowest BCUT2D eigenvalue weighted by molar-refractivity contribution is -0.118. The van der Waals surface area contributed by atoms with Crippen molar-refractivity contribution in [1.29, 1.82) is 0 Å². The van der Waals surface area contributed by atoms with Gasteiger partial charge in [-0.2, -0.15) is 0 Å². The van der Waals surface area contributed by atoms with Crippen LogP contribution < -0.4 is 9.80 Å². The molecule has 96 valence electrons. The molecule has 0 fully saturated rings. The van der Waals surface area contributed by atoms with Gasteiger partial charge in [0.2, 0.25) is 5.91 Å². The summed E-state index contributed by atoms with van der Waals surface area (Å²) in [5.41, 5.74) is 3.80. The summed E-state index contributed by atoms with van der Waals surface area (Å²) in [6, 6.07) is 6.42. The maximum Gasteiger partial charge on any atom is 0.227 e. The molecule has 2 heterocycles. The van der Waals surface area contributed by atoms with Gasteiger partial charge >= 0.3 is 0 Å². The summed E-state index contributed by atoms with van der Waals surface area (Å²) in [4.78, 5) is 16.4. The maximum atomic E-state index is 12.0. The van der Waals surface area contributed by atoms with Crippen LogP contribution in [0.25, 0.3) is 0 Å². The van der Waals surface area contributed by atoms with E-state index in [1.807, 2.05) is 4.90 Å². The number of aryl methyl sites for hydroxylation is 1. The van der Waals surface area contributed by atoms with E-state index in [1.165, 1.54) is 11.3 Å². The number of anilines is 2. The zero-order valence-corrected chi connectivity index (χ0v) is 11.4. The van der Waals surface area contributed by atoms with Crippen LogP contribution in [0.3, 0.4) is 0 Å². The summed E-state index contributed by atoms with van der Waals surface area (Å²) >= 11 is 0. The molecule has 1 amide bonds. The first-order chi connectivity index (χ1) is 8.48. The van der Waals surface area contributed by atoms with E-state index in [9.17, 15) is 4.79 Å². The molecule has 0 saturated heterocycles. The highest BCUT2D eigenvalue weighted by molar-refractivity contribution is 6.01. The van der Waals surface area contributed by atoms with E-state index in [1.54, 1.807) is 0 Å². The average Bonchev–Trinajstić information content (AvgIpc) is 2.32.